The van der Waals surface area contributed by atoms with Crippen LogP contribution in [0.2, 0.25) is 0 Å². The van der Waals surface area contributed by atoms with Crippen LogP contribution in [0, 0.1) is 11.2 Å². The van der Waals surface area contributed by atoms with Crippen molar-refractivity contribution in [2.24, 2.45) is 23.2 Å². The average Bonchev–Trinajstić information content (AvgIpc) is 3.20. The zero-order valence-corrected chi connectivity index (χ0v) is 16.1. The van der Waals surface area contributed by atoms with Gasteiger partial charge in [0, 0.05) is 35.7 Å². The summed E-state index contributed by atoms with van der Waals surface area (Å²) in [7, 11) is 1.75. The molecule has 6 nitrogen and oxygen atoms in total. The summed E-state index contributed by atoms with van der Waals surface area (Å²) in [5.41, 5.74) is 6.69. The fourth-order valence-corrected chi connectivity index (χ4v) is 5.33. The number of amides is 1. The number of thioether (sulfide) groups is 1. The molecule has 2 atom stereocenters. The van der Waals surface area contributed by atoms with Gasteiger partial charge in [-0.05, 0) is 37.5 Å². The number of amidine groups is 1. The zero-order chi connectivity index (χ0) is 19.2. The lowest BCUT2D eigenvalue weighted by Crippen LogP contribution is -2.45. The fourth-order valence-electron chi connectivity index (χ4n) is 4.26. The molecule has 1 aromatic carbocycles. The van der Waals surface area contributed by atoms with Crippen LogP contribution in [-0.2, 0) is 12.6 Å². The number of halogens is 1. The van der Waals surface area contributed by atoms with E-state index in [1.165, 1.54) is 24.0 Å². The molecule has 0 bridgehead atoms. The lowest BCUT2D eigenvalue weighted by atomic mass is 9.70. The molecular formula is C19H22FN5OS. The number of fused-ring (bicyclic) bond motifs is 1. The van der Waals surface area contributed by atoms with Crippen molar-refractivity contribution in [1.82, 2.24) is 9.78 Å². The van der Waals surface area contributed by atoms with Crippen LogP contribution in [0.4, 0.5) is 10.1 Å². The van der Waals surface area contributed by atoms with Gasteiger partial charge in [0.2, 0.25) is 0 Å². The minimum absolute atomic E-state index is 0.159. The third-order valence-electron chi connectivity index (χ3n) is 5.74. The second-order valence-electron chi connectivity index (χ2n) is 7.56. The number of benzene rings is 1. The lowest BCUT2D eigenvalue weighted by Gasteiger charge is -2.44. The maximum absolute atomic E-state index is 14.9. The van der Waals surface area contributed by atoms with Gasteiger partial charge in [0.1, 0.15) is 5.82 Å². The van der Waals surface area contributed by atoms with Crippen LogP contribution >= 0.6 is 11.8 Å². The SMILES string of the molecule is Cn1cc(C(=O)Nc2ccc(F)c([C@]34CCC[C@@]3(C)CSC(N)=N4)c2)cn1. The van der Waals surface area contributed by atoms with Crippen LogP contribution in [0.15, 0.2) is 35.6 Å². The zero-order valence-electron chi connectivity index (χ0n) is 15.3. The minimum Gasteiger partial charge on any atom is -0.379 e. The molecule has 1 aliphatic carbocycles. The number of hydrogen-bond acceptors (Lipinski definition) is 5. The van der Waals surface area contributed by atoms with Crippen LogP contribution in [-0.4, -0.2) is 26.6 Å². The maximum atomic E-state index is 14.9. The first-order valence-electron chi connectivity index (χ1n) is 8.91. The molecule has 1 aromatic heterocycles. The number of aromatic nitrogens is 2. The summed E-state index contributed by atoms with van der Waals surface area (Å²) >= 11 is 1.53. The molecule has 3 N–H and O–H groups in total. The summed E-state index contributed by atoms with van der Waals surface area (Å²) in [4.78, 5) is 17.2. The number of anilines is 1. The highest BCUT2D eigenvalue weighted by atomic mass is 32.2. The summed E-state index contributed by atoms with van der Waals surface area (Å²) in [6.07, 6.45) is 5.83. The van der Waals surface area contributed by atoms with Crippen molar-refractivity contribution in [3.8, 4) is 0 Å². The highest BCUT2D eigenvalue weighted by Gasteiger charge is 2.56. The van der Waals surface area contributed by atoms with Gasteiger partial charge in [-0.25, -0.2) is 4.39 Å². The monoisotopic (exact) mass is 387 g/mol. The molecule has 1 fully saturated rings. The van der Waals surface area contributed by atoms with Gasteiger partial charge in [-0.3, -0.25) is 14.5 Å². The average molecular weight is 387 g/mol. The van der Waals surface area contributed by atoms with Gasteiger partial charge in [0.25, 0.3) is 5.91 Å². The van der Waals surface area contributed by atoms with Gasteiger partial charge in [-0.1, -0.05) is 18.7 Å². The van der Waals surface area contributed by atoms with E-state index in [1.54, 1.807) is 30.1 Å². The highest BCUT2D eigenvalue weighted by molar-refractivity contribution is 8.13. The third kappa shape index (κ3) is 2.92. The normalized spacial score (nSPS) is 27.1. The first kappa shape index (κ1) is 18.0. The Balaban J connectivity index is 1.72. The van der Waals surface area contributed by atoms with Crippen molar-refractivity contribution in [3.63, 3.8) is 0 Å². The van der Waals surface area contributed by atoms with Gasteiger partial charge in [0.05, 0.1) is 17.3 Å². The van der Waals surface area contributed by atoms with Gasteiger partial charge in [-0.2, -0.15) is 5.10 Å². The summed E-state index contributed by atoms with van der Waals surface area (Å²) in [5, 5.41) is 7.34. The van der Waals surface area contributed by atoms with Crippen LogP contribution in [0.5, 0.6) is 0 Å². The van der Waals surface area contributed by atoms with Crippen LogP contribution in [0.25, 0.3) is 0 Å². The Hall–Kier alpha value is -2.35. The highest BCUT2D eigenvalue weighted by Crippen LogP contribution is 2.59. The topological polar surface area (TPSA) is 85.3 Å². The summed E-state index contributed by atoms with van der Waals surface area (Å²) in [6.45, 7) is 2.16. The Labute approximate surface area is 161 Å². The molecule has 0 radical (unpaired) electrons. The number of aliphatic imine (C=N–C) groups is 1. The smallest absolute Gasteiger partial charge is 0.258 e. The quantitative estimate of drug-likeness (QED) is 0.847. The number of nitrogens with one attached hydrogen (secondary N) is 1. The van der Waals surface area contributed by atoms with Gasteiger partial charge >= 0.3 is 0 Å². The van der Waals surface area contributed by atoms with E-state index >= 15 is 0 Å². The van der Waals surface area contributed by atoms with E-state index in [1.807, 2.05) is 0 Å². The molecule has 0 unspecified atom stereocenters. The first-order valence-corrected chi connectivity index (χ1v) is 9.90. The summed E-state index contributed by atoms with van der Waals surface area (Å²) in [5.74, 6) is 0.217. The van der Waals surface area contributed by atoms with Crippen LogP contribution < -0.4 is 11.1 Å². The molecule has 8 heteroatoms. The molecule has 2 aromatic rings. The van der Waals surface area contributed by atoms with Gasteiger partial charge < -0.3 is 11.1 Å². The predicted octanol–water partition coefficient (Wildman–Crippen LogP) is 3.26. The Bertz CT molecular complexity index is 942. The molecule has 1 aliphatic heterocycles. The Morgan fingerprint density at radius 3 is 2.96 bits per heavy atom. The largest absolute Gasteiger partial charge is 0.379 e. The van der Waals surface area contributed by atoms with E-state index in [0.717, 1.165) is 25.0 Å². The number of rotatable bonds is 3. The number of nitrogens with two attached hydrogens (primary N) is 1. The Morgan fingerprint density at radius 2 is 2.22 bits per heavy atom. The van der Waals surface area contributed by atoms with Crippen LogP contribution in [0.3, 0.4) is 0 Å². The van der Waals surface area contributed by atoms with Crippen molar-refractivity contribution in [2.45, 2.75) is 31.7 Å². The maximum Gasteiger partial charge on any atom is 0.258 e. The molecule has 1 amide bonds. The molecule has 4 rings (SSSR count). The molecular weight excluding hydrogens is 365 g/mol. The van der Waals surface area contributed by atoms with E-state index in [0.29, 0.717) is 22.0 Å². The van der Waals surface area contributed by atoms with E-state index in [-0.39, 0.29) is 17.1 Å². The molecule has 0 spiro atoms. The summed E-state index contributed by atoms with van der Waals surface area (Å²) in [6, 6.07) is 4.68. The van der Waals surface area contributed by atoms with Crippen molar-refractivity contribution in [1.29, 1.82) is 0 Å². The van der Waals surface area contributed by atoms with E-state index in [2.05, 4.69) is 17.3 Å². The molecule has 2 heterocycles. The van der Waals surface area contributed by atoms with Gasteiger partial charge in [0.15, 0.2) is 5.17 Å². The van der Waals surface area contributed by atoms with E-state index < -0.39 is 5.54 Å². The molecule has 0 saturated heterocycles. The summed E-state index contributed by atoms with van der Waals surface area (Å²) < 4.78 is 16.5. The van der Waals surface area contributed by atoms with Crippen molar-refractivity contribution in [2.75, 3.05) is 11.1 Å². The Kier molecular flexibility index (Phi) is 4.25. The van der Waals surface area contributed by atoms with Crippen LogP contribution in [0.1, 0.15) is 42.1 Å². The van der Waals surface area contributed by atoms with Crippen molar-refractivity contribution < 1.29 is 9.18 Å². The molecule has 1 saturated carbocycles. The van der Waals surface area contributed by atoms with E-state index in [9.17, 15) is 9.18 Å². The number of carbonyl (C=O) groups is 1. The van der Waals surface area contributed by atoms with E-state index in [4.69, 9.17) is 10.7 Å². The predicted molar refractivity (Wildman–Crippen MR) is 105 cm³/mol. The number of hydrogen-bond donors (Lipinski definition) is 2. The fraction of sp³-hybridized carbons (Fsp3) is 0.421. The van der Waals surface area contributed by atoms with Gasteiger partial charge in [-0.15, -0.1) is 0 Å². The standard InChI is InChI=1S/C19H22FN5OS/c1-18-6-3-7-19(18,24-17(21)27-11-18)14-8-13(4-5-15(14)20)23-16(26)12-9-22-25(2)10-12/h4-5,8-10H,3,6-7,11H2,1-2H3,(H2,21,24)(H,23,26)/t18-,19+/m0/s1. The van der Waals surface area contributed by atoms with Crippen molar-refractivity contribution >= 4 is 28.5 Å². The minimum atomic E-state index is -0.679. The molecule has 142 valence electrons. The first-order chi connectivity index (χ1) is 12.8. The third-order valence-corrected chi connectivity index (χ3v) is 6.91. The molecule has 2 aliphatic rings. The number of carbonyl (C=O) groups excluding carboxylic acids is 1. The Morgan fingerprint density at radius 1 is 1.41 bits per heavy atom. The lowest BCUT2D eigenvalue weighted by molar-refractivity contribution is 0.102. The number of nitrogens with zero attached hydrogens (tertiary/aromatic N) is 3. The van der Waals surface area contributed by atoms with Crippen molar-refractivity contribution in [3.05, 3.63) is 47.5 Å². The number of aryl methyl sites for hydroxylation is 1. The second-order valence-corrected chi connectivity index (χ2v) is 8.56. The molecule has 27 heavy (non-hydrogen) atoms. The second kappa shape index (κ2) is 6.37.